The summed E-state index contributed by atoms with van der Waals surface area (Å²) in [6.45, 7) is 5.22. The SMILES string of the molecule is Cc1cc(N(C)C2CCN(Cc3cccc(Br)c3)C2)ncn1. The number of rotatable bonds is 4. The Morgan fingerprint density at radius 2 is 2.18 bits per heavy atom. The molecule has 1 fully saturated rings. The number of hydrogen-bond donors (Lipinski definition) is 0. The Morgan fingerprint density at radius 1 is 1.32 bits per heavy atom. The Bertz CT molecular complexity index is 646. The van der Waals surface area contributed by atoms with Crippen molar-refractivity contribution in [3.63, 3.8) is 0 Å². The number of aryl methyl sites for hydroxylation is 1. The molecular weight excluding hydrogens is 340 g/mol. The molecule has 1 aromatic heterocycles. The zero-order chi connectivity index (χ0) is 15.5. The van der Waals surface area contributed by atoms with Crippen molar-refractivity contribution in [2.24, 2.45) is 0 Å². The van der Waals surface area contributed by atoms with Gasteiger partial charge in [0.1, 0.15) is 12.1 Å². The van der Waals surface area contributed by atoms with Crippen LogP contribution in [0.15, 0.2) is 41.1 Å². The average Bonchev–Trinajstić information content (AvgIpc) is 2.95. The van der Waals surface area contributed by atoms with Crippen LogP contribution in [0.3, 0.4) is 0 Å². The van der Waals surface area contributed by atoms with Gasteiger partial charge in [-0.2, -0.15) is 0 Å². The molecule has 4 nitrogen and oxygen atoms in total. The molecule has 0 bridgehead atoms. The van der Waals surface area contributed by atoms with Crippen molar-refractivity contribution in [3.05, 3.63) is 52.4 Å². The minimum atomic E-state index is 0.515. The van der Waals surface area contributed by atoms with Crippen LogP contribution in [-0.4, -0.2) is 41.0 Å². The lowest BCUT2D eigenvalue weighted by molar-refractivity contribution is 0.326. The quantitative estimate of drug-likeness (QED) is 0.837. The summed E-state index contributed by atoms with van der Waals surface area (Å²) in [5, 5.41) is 0. The summed E-state index contributed by atoms with van der Waals surface area (Å²) in [5.41, 5.74) is 2.37. The molecule has 2 aromatic rings. The highest BCUT2D eigenvalue weighted by Gasteiger charge is 2.26. The third-order valence-electron chi connectivity index (χ3n) is 4.24. The van der Waals surface area contributed by atoms with Crippen molar-refractivity contribution < 1.29 is 0 Å². The van der Waals surface area contributed by atoms with E-state index in [-0.39, 0.29) is 0 Å². The molecule has 0 aliphatic carbocycles. The predicted molar refractivity (Wildman–Crippen MR) is 93.0 cm³/mol. The Kier molecular flexibility index (Phi) is 4.74. The van der Waals surface area contributed by atoms with E-state index < -0.39 is 0 Å². The molecule has 3 rings (SSSR count). The van der Waals surface area contributed by atoms with E-state index >= 15 is 0 Å². The molecule has 116 valence electrons. The lowest BCUT2D eigenvalue weighted by Gasteiger charge is -2.26. The van der Waals surface area contributed by atoms with E-state index in [1.165, 1.54) is 12.0 Å². The van der Waals surface area contributed by atoms with Gasteiger partial charge < -0.3 is 4.90 Å². The van der Waals surface area contributed by atoms with Crippen LogP contribution in [0.4, 0.5) is 5.82 Å². The molecule has 1 aromatic carbocycles. The van der Waals surface area contributed by atoms with E-state index in [0.29, 0.717) is 6.04 Å². The second kappa shape index (κ2) is 6.75. The summed E-state index contributed by atoms with van der Waals surface area (Å²) in [5.74, 6) is 1.02. The molecule has 5 heteroatoms. The monoisotopic (exact) mass is 360 g/mol. The maximum absolute atomic E-state index is 4.39. The van der Waals surface area contributed by atoms with Gasteiger partial charge in [0.25, 0.3) is 0 Å². The molecule has 0 saturated carbocycles. The van der Waals surface area contributed by atoms with E-state index in [2.05, 4.69) is 73.1 Å². The summed E-state index contributed by atoms with van der Waals surface area (Å²) < 4.78 is 1.15. The van der Waals surface area contributed by atoms with Crippen molar-refractivity contribution in [3.8, 4) is 0 Å². The maximum atomic E-state index is 4.39. The molecule has 22 heavy (non-hydrogen) atoms. The van der Waals surface area contributed by atoms with Crippen molar-refractivity contribution in [1.29, 1.82) is 0 Å². The predicted octanol–water partition coefficient (Wildman–Crippen LogP) is 3.26. The molecule has 1 aliphatic heterocycles. The number of likely N-dealkylation sites (N-methyl/N-ethyl adjacent to an activating group) is 1. The molecular formula is C17H21BrN4. The third-order valence-corrected chi connectivity index (χ3v) is 4.73. The van der Waals surface area contributed by atoms with Crippen LogP contribution in [0, 0.1) is 6.92 Å². The standard InChI is InChI=1S/C17H21BrN4/c1-13-8-17(20-12-19-13)21(2)16-6-7-22(11-16)10-14-4-3-5-15(18)9-14/h3-5,8-9,12,16H,6-7,10-11H2,1-2H3. The van der Waals surface area contributed by atoms with E-state index in [4.69, 9.17) is 0 Å². The first-order valence-corrected chi connectivity index (χ1v) is 8.39. The molecule has 0 N–H and O–H groups in total. The van der Waals surface area contributed by atoms with E-state index in [9.17, 15) is 0 Å². The Morgan fingerprint density at radius 3 is 2.95 bits per heavy atom. The first kappa shape index (κ1) is 15.4. The van der Waals surface area contributed by atoms with Gasteiger partial charge in [0, 0.05) is 49.0 Å². The van der Waals surface area contributed by atoms with Gasteiger partial charge in [0.05, 0.1) is 0 Å². The maximum Gasteiger partial charge on any atom is 0.132 e. The van der Waals surface area contributed by atoms with Gasteiger partial charge in [-0.25, -0.2) is 9.97 Å². The Labute approximate surface area is 140 Å². The van der Waals surface area contributed by atoms with Crippen LogP contribution in [-0.2, 0) is 6.54 Å². The number of likely N-dealkylation sites (tertiary alicyclic amines) is 1. The second-order valence-electron chi connectivity index (χ2n) is 5.94. The number of halogens is 1. The summed E-state index contributed by atoms with van der Waals surface area (Å²) >= 11 is 3.54. The van der Waals surface area contributed by atoms with Crippen LogP contribution in [0.5, 0.6) is 0 Å². The fourth-order valence-electron chi connectivity index (χ4n) is 2.99. The van der Waals surface area contributed by atoms with Crippen LogP contribution in [0.25, 0.3) is 0 Å². The topological polar surface area (TPSA) is 32.3 Å². The van der Waals surface area contributed by atoms with Crippen LogP contribution < -0.4 is 4.90 Å². The first-order valence-electron chi connectivity index (χ1n) is 7.60. The van der Waals surface area contributed by atoms with Crippen LogP contribution in [0.2, 0.25) is 0 Å². The number of anilines is 1. The molecule has 1 saturated heterocycles. The largest absolute Gasteiger partial charge is 0.355 e. The summed E-state index contributed by atoms with van der Waals surface area (Å²) in [7, 11) is 2.13. The highest BCUT2D eigenvalue weighted by Crippen LogP contribution is 2.22. The van der Waals surface area contributed by atoms with Crippen molar-refractivity contribution in [2.45, 2.75) is 25.9 Å². The van der Waals surface area contributed by atoms with Crippen molar-refractivity contribution in [2.75, 3.05) is 25.0 Å². The molecule has 0 amide bonds. The zero-order valence-electron chi connectivity index (χ0n) is 13.0. The number of hydrogen-bond acceptors (Lipinski definition) is 4. The minimum absolute atomic E-state index is 0.515. The van der Waals surface area contributed by atoms with Crippen molar-refractivity contribution >= 4 is 21.7 Å². The lowest BCUT2D eigenvalue weighted by Crippen LogP contribution is -2.35. The smallest absolute Gasteiger partial charge is 0.132 e. The minimum Gasteiger partial charge on any atom is -0.355 e. The fourth-order valence-corrected chi connectivity index (χ4v) is 3.43. The average molecular weight is 361 g/mol. The molecule has 1 aliphatic rings. The van der Waals surface area contributed by atoms with Gasteiger partial charge >= 0.3 is 0 Å². The van der Waals surface area contributed by atoms with Gasteiger partial charge in [-0.15, -0.1) is 0 Å². The van der Waals surface area contributed by atoms with Gasteiger partial charge in [-0.05, 0) is 31.0 Å². The normalized spacial score (nSPS) is 18.6. The number of aromatic nitrogens is 2. The first-order chi connectivity index (χ1) is 10.6. The molecule has 2 heterocycles. The van der Waals surface area contributed by atoms with Crippen LogP contribution in [0.1, 0.15) is 17.7 Å². The highest BCUT2D eigenvalue weighted by atomic mass is 79.9. The third kappa shape index (κ3) is 3.65. The summed E-state index contributed by atoms with van der Waals surface area (Å²) in [6.07, 6.45) is 2.82. The second-order valence-corrected chi connectivity index (χ2v) is 6.85. The lowest BCUT2D eigenvalue weighted by atomic mass is 10.2. The van der Waals surface area contributed by atoms with E-state index in [1.54, 1.807) is 6.33 Å². The summed E-state index contributed by atoms with van der Waals surface area (Å²) in [4.78, 5) is 13.4. The van der Waals surface area contributed by atoms with E-state index in [0.717, 1.165) is 35.6 Å². The summed E-state index contributed by atoms with van der Waals surface area (Å²) in [6, 6.07) is 11.1. The molecule has 0 radical (unpaired) electrons. The Hall–Kier alpha value is -1.46. The number of benzene rings is 1. The Balaban J connectivity index is 1.62. The van der Waals surface area contributed by atoms with Gasteiger partial charge in [-0.1, -0.05) is 28.1 Å². The van der Waals surface area contributed by atoms with E-state index in [1.807, 2.05) is 6.92 Å². The molecule has 1 unspecified atom stereocenters. The van der Waals surface area contributed by atoms with Gasteiger partial charge in [0.2, 0.25) is 0 Å². The molecule has 0 spiro atoms. The van der Waals surface area contributed by atoms with Crippen molar-refractivity contribution in [1.82, 2.24) is 14.9 Å². The molecule has 1 atom stereocenters. The fraction of sp³-hybridized carbons (Fsp3) is 0.412. The van der Waals surface area contributed by atoms with Gasteiger partial charge in [-0.3, -0.25) is 4.90 Å². The highest BCUT2D eigenvalue weighted by molar-refractivity contribution is 9.10. The zero-order valence-corrected chi connectivity index (χ0v) is 14.6. The number of nitrogens with zero attached hydrogens (tertiary/aromatic N) is 4. The van der Waals surface area contributed by atoms with Gasteiger partial charge in [0.15, 0.2) is 0 Å². The van der Waals surface area contributed by atoms with Crippen LogP contribution >= 0.6 is 15.9 Å².